The summed E-state index contributed by atoms with van der Waals surface area (Å²) in [5, 5.41) is 10.2. The molecular weight excluding hydrogens is 324 g/mol. The lowest BCUT2D eigenvalue weighted by molar-refractivity contribution is 0.162. The first-order valence-corrected chi connectivity index (χ1v) is 8.24. The third-order valence-corrected chi connectivity index (χ3v) is 3.69. The molecule has 1 aromatic carbocycles. The van der Waals surface area contributed by atoms with Crippen LogP contribution in [0, 0.1) is 0 Å². The summed E-state index contributed by atoms with van der Waals surface area (Å²) in [4.78, 5) is 11.8. The van der Waals surface area contributed by atoms with E-state index in [0.29, 0.717) is 56.6 Å². The highest BCUT2D eigenvalue weighted by Crippen LogP contribution is 2.38. The maximum absolute atomic E-state index is 11.8. The Morgan fingerprint density at radius 3 is 3.00 bits per heavy atom. The highest BCUT2D eigenvalue weighted by atomic mass is 16.6. The van der Waals surface area contributed by atoms with Crippen LogP contribution in [0.1, 0.15) is 0 Å². The van der Waals surface area contributed by atoms with Crippen molar-refractivity contribution in [2.45, 2.75) is 0 Å². The van der Waals surface area contributed by atoms with Crippen LogP contribution < -0.4 is 30.4 Å². The molecule has 0 bridgehead atoms. The van der Waals surface area contributed by atoms with Crippen LogP contribution in [0.3, 0.4) is 0 Å². The van der Waals surface area contributed by atoms with Gasteiger partial charge in [-0.1, -0.05) is 6.07 Å². The molecule has 0 atom stereocenters. The van der Waals surface area contributed by atoms with Gasteiger partial charge in [-0.15, -0.1) is 0 Å². The number of benzene rings is 1. The van der Waals surface area contributed by atoms with E-state index in [9.17, 15) is 4.79 Å². The van der Waals surface area contributed by atoms with Gasteiger partial charge in [-0.3, -0.25) is 4.79 Å². The van der Waals surface area contributed by atoms with Crippen LogP contribution >= 0.6 is 0 Å². The minimum Gasteiger partial charge on any atom is -0.488 e. The number of hydrogen-bond acceptors (Lipinski definition) is 7. The van der Waals surface area contributed by atoms with Crippen LogP contribution in [0.25, 0.3) is 0 Å². The fourth-order valence-electron chi connectivity index (χ4n) is 2.44. The van der Waals surface area contributed by atoms with Crippen LogP contribution in [0.4, 0.5) is 5.69 Å². The van der Waals surface area contributed by atoms with Crippen molar-refractivity contribution in [3.8, 4) is 17.2 Å². The molecular formula is C17H22N4O4. The lowest BCUT2D eigenvalue weighted by atomic mass is 10.3. The predicted octanol–water partition coefficient (Wildman–Crippen LogP) is 0.632. The monoisotopic (exact) mass is 346 g/mol. The lowest BCUT2D eigenvalue weighted by Gasteiger charge is -2.20. The molecule has 0 amide bonds. The third-order valence-electron chi connectivity index (χ3n) is 3.69. The van der Waals surface area contributed by atoms with E-state index in [1.807, 2.05) is 18.2 Å². The average molecular weight is 346 g/mol. The molecule has 8 heteroatoms. The molecule has 0 saturated carbocycles. The maximum atomic E-state index is 11.8. The standard InChI is InChI=1S/C17H22N4O4/c1-21-17(22)13(5-6-20-21)19-8-7-18-9-10-23-14-3-2-4-15-16(14)25-12-11-24-15/h2-6,18-19H,7-12H2,1H3. The topological polar surface area (TPSA) is 86.6 Å². The van der Waals surface area contributed by atoms with Crippen molar-refractivity contribution in [2.24, 2.45) is 7.05 Å². The number of nitrogens with zero attached hydrogens (tertiary/aromatic N) is 2. The number of ether oxygens (including phenoxy) is 3. The predicted molar refractivity (Wildman–Crippen MR) is 93.8 cm³/mol. The molecule has 0 saturated heterocycles. The van der Waals surface area contributed by atoms with E-state index < -0.39 is 0 Å². The van der Waals surface area contributed by atoms with Crippen molar-refractivity contribution in [3.63, 3.8) is 0 Å². The molecule has 134 valence electrons. The summed E-state index contributed by atoms with van der Waals surface area (Å²) in [6.45, 7) is 3.63. The number of aromatic nitrogens is 2. The van der Waals surface area contributed by atoms with E-state index in [1.165, 1.54) is 4.68 Å². The van der Waals surface area contributed by atoms with Gasteiger partial charge in [-0.05, 0) is 18.2 Å². The second kappa shape index (κ2) is 8.39. The zero-order chi connectivity index (χ0) is 17.5. The Balaban J connectivity index is 1.36. The molecule has 8 nitrogen and oxygen atoms in total. The Morgan fingerprint density at radius 2 is 2.08 bits per heavy atom. The molecule has 0 spiro atoms. The van der Waals surface area contributed by atoms with Gasteiger partial charge in [0.1, 0.15) is 25.5 Å². The molecule has 2 heterocycles. The van der Waals surface area contributed by atoms with E-state index in [1.54, 1.807) is 19.3 Å². The van der Waals surface area contributed by atoms with Crippen LogP contribution in [0.2, 0.25) is 0 Å². The first-order valence-electron chi connectivity index (χ1n) is 8.24. The Kier molecular flexibility index (Phi) is 5.73. The van der Waals surface area contributed by atoms with Crippen molar-refractivity contribution in [1.29, 1.82) is 0 Å². The van der Waals surface area contributed by atoms with Gasteiger partial charge in [0.25, 0.3) is 5.56 Å². The molecule has 3 rings (SSSR count). The maximum Gasteiger partial charge on any atom is 0.289 e. The van der Waals surface area contributed by atoms with E-state index in [-0.39, 0.29) is 5.56 Å². The second-order valence-corrected chi connectivity index (χ2v) is 5.48. The van der Waals surface area contributed by atoms with Gasteiger partial charge in [0.2, 0.25) is 5.75 Å². The van der Waals surface area contributed by atoms with Crippen LogP contribution in [-0.4, -0.2) is 49.2 Å². The fraction of sp³-hybridized carbons (Fsp3) is 0.412. The van der Waals surface area contributed by atoms with E-state index in [0.717, 1.165) is 5.75 Å². The van der Waals surface area contributed by atoms with Gasteiger partial charge in [0.05, 0.1) is 0 Å². The minimum absolute atomic E-state index is 0.137. The van der Waals surface area contributed by atoms with Crippen molar-refractivity contribution in [3.05, 3.63) is 40.8 Å². The number of para-hydroxylation sites is 1. The number of aryl methyl sites for hydroxylation is 1. The van der Waals surface area contributed by atoms with Crippen LogP contribution in [0.5, 0.6) is 17.2 Å². The largest absolute Gasteiger partial charge is 0.488 e. The smallest absolute Gasteiger partial charge is 0.289 e. The van der Waals surface area contributed by atoms with E-state index >= 15 is 0 Å². The summed E-state index contributed by atoms with van der Waals surface area (Å²) >= 11 is 0. The van der Waals surface area contributed by atoms with E-state index in [4.69, 9.17) is 14.2 Å². The molecule has 0 aliphatic carbocycles. The van der Waals surface area contributed by atoms with Gasteiger partial charge < -0.3 is 24.8 Å². The van der Waals surface area contributed by atoms with Gasteiger partial charge in [0, 0.05) is 32.9 Å². The Hall–Kier alpha value is -2.74. The normalized spacial score (nSPS) is 12.7. The summed E-state index contributed by atoms with van der Waals surface area (Å²) in [6.07, 6.45) is 1.59. The number of anilines is 1. The minimum atomic E-state index is -0.137. The van der Waals surface area contributed by atoms with E-state index in [2.05, 4.69) is 15.7 Å². The molecule has 1 aliphatic heterocycles. The molecule has 0 unspecified atom stereocenters. The van der Waals surface area contributed by atoms with Crippen molar-refractivity contribution < 1.29 is 14.2 Å². The molecule has 2 aromatic rings. The average Bonchev–Trinajstić information content (AvgIpc) is 2.64. The zero-order valence-electron chi connectivity index (χ0n) is 14.2. The number of hydrogen-bond donors (Lipinski definition) is 2. The molecule has 25 heavy (non-hydrogen) atoms. The van der Waals surface area contributed by atoms with Gasteiger partial charge in [-0.25, -0.2) is 4.68 Å². The van der Waals surface area contributed by atoms with Gasteiger partial charge in [-0.2, -0.15) is 5.10 Å². The van der Waals surface area contributed by atoms with Gasteiger partial charge in [0.15, 0.2) is 11.5 Å². The zero-order valence-corrected chi connectivity index (χ0v) is 14.2. The Morgan fingerprint density at radius 1 is 1.20 bits per heavy atom. The summed E-state index contributed by atoms with van der Waals surface area (Å²) in [5.74, 6) is 2.08. The van der Waals surface area contributed by atoms with Gasteiger partial charge >= 0.3 is 0 Å². The first kappa shape index (κ1) is 17.1. The van der Waals surface area contributed by atoms with Crippen LogP contribution in [0.15, 0.2) is 35.3 Å². The second-order valence-electron chi connectivity index (χ2n) is 5.48. The quantitative estimate of drug-likeness (QED) is 0.678. The summed E-state index contributed by atoms with van der Waals surface area (Å²) < 4.78 is 18.2. The van der Waals surface area contributed by atoms with Crippen molar-refractivity contribution >= 4 is 5.69 Å². The molecule has 2 N–H and O–H groups in total. The third kappa shape index (κ3) is 4.42. The van der Waals surface area contributed by atoms with Crippen LogP contribution in [-0.2, 0) is 7.05 Å². The highest BCUT2D eigenvalue weighted by molar-refractivity contribution is 5.51. The number of nitrogens with one attached hydrogen (secondary N) is 2. The molecule has 1 aromatic heterocycles. The number of fused-ring (bicyclic) bond motifs is 1. The molecule has 1 aliphatic rings. The summed E-state index contributed by atoms with van der Waals surface area (Å²) in [5.41, 5.74) is 0.408. The van der Waals surface area contributed by atoms with Crippen molar-refractivity contribution in [2.75, 3.05) is 44.8 Å². The summed E-state index contributed by atoms with van der Waals surface area (Å²) in [7, 11) is 1.63. The first-order chi connectivity index (χ1) is 12.3. The lowest BCUT2D eigenvalue weighted by Crippen LogP contribution is -2.29. The highest BCUT2D eigenvalue weighted by Gasteiger charge is 2.16. The molecule has 0 fully saturated rings. The summed E-state index contributed by atoms with van der Waals surface area (Å²) in [6, 6.07) is 7.30. The number of rotatable bonds is 8. The fourth-order valence-corrected chi connectivity index (χ4v) is 2.44. The SMILES string of the molecule is Cn1nccc(NCCNCCOc2cccc3c2OCCO3)c1=O. The molecule has 0 radical (unpaired) electrons. The van der Waals surface area contributed by atoms with Crippen molar-refractivity contribution in [1.82, 2.24) is 15.1 Å². The Labute approximate surface area is 145 Å². The Bertz CT molecular complexity index is 763.